The second kappa shape index (κ2) is 12.2. The molecule has 4 saturated carbocycles. The standard InChI is InChI=1S/C34H49NO11/c1-18(36)35-26-28(44-21(4)39)27(43-20(3)38)22(16-42-19(2)37)45-29(26)46-30(41)33(7)12-8-11-32(6)23(33)10-14-34-15-25(40)31(5,17-34)13-9-24(32)34/h22-24,26-29H,8-17H2,1-7H3,(H,35,36)/t22-,23+,24+,26-,27-,28-,29+,31+,32-,33-,34+/m1/s1. The third kappa shape index (κ3) is 5.94. The second-order valence-electron chi connectivity index (χ2n) is 15.3. The van der Waals surface area contributed by atoms with Crippen molar-refractivity contribution in [3.8, 4) is 0 Å². The molecule has 4 aliphatic carbocycles. The van der Waals surface area contributed by atoms with Crippen LogP contribution in [0.1, 0.15) is 106 Å². The minimum Gasteiger partial charge on any atom is -0.463 e. The normalized spacial score (nSPS) is 42.9. The molecule has 11 atom stereocenters. The van der Waals surface area contributed by atoms with E-state index in [1.165, 1.54) is 20.8 Å². The molecule has 1 N–H and O–H groups in total. The zero-order valence-corrected chi connectivity index (χ0v) is 28.1. The van der Waals surface area contributed by atoms with Crippen LogP contribution in [0.5, 0.6) is 0 Å². The van der Waals surface area contributed by atoms with Gasteiger partial charge in [-0.05, 0) is 74.5 Å². The quantitative estimate of drug-likeness (QED) is 0.318. The van der Waals surface area contributed by atoms with Gasteiger partial charge < -0.3 is 29.0 Å². The van der Waals surface area contributed by atoms with E-state index >= 15 is 0 Å². The Labute approximate surface area is 270 Å². The molecular formula is C34H49NO11. The highest BCUT2D eigenvalue weighted by atomic mass is 16.7. The Hall–Kier alpha value is -3.02. The van der Waals surface area contributed by atoms with Crippen LogP contribution in [0.4, 0.5) is 0 Å². The Morgan fingerprint density at radius 3 is 2.11 bits per heavy atom. The lowest BCUT2D eigenvalue weighted by Gasteiger charge is -2.64. The highest BCUT2D eigenvalue weighted by molar-refractivity contribution is 5.88. The molecule has 1 spiro atoms. The minimum atomic E-state index is -1.45. The van der Waals surface area contributed by atoms with E-state index in [0.29, 0.717) is 24.5 Å². The first-order valence-corrected chi connectivity index (χ1v) is 16.6. The molecule has 5 rings (SSSR count). The largest absolute Gasteiger partial charge is 0.463 e. The monoisotopic (exact) mass is 647 g/mol. The lowest BCUT2D eigenvalue weighted by Crippen LogP contribution is -2.67. The Morgan fingerprint density at radius 2 is 1.48 bits per heavy atom. The lowest BCUT2D eigenvalue weighted by molar-refractivity contribution is -0.277. The second-order valence-corrected chi connectivity index (χ2v) is 15.3. The van der Waals surface area contributed by atoms with Crippen molar-refractivity contribution >= 4 is 35.6 Å². The van der Waals surface area contributed by atoms with Gasteiger partial charge in [-0.25, -0.2) is 0 Å². The molecule has 12 nitrogen and oxygen atoms in total. The van der Waals surface area contributed by atoms with Crippen LogP contribution in [0.3, 0.4) is 0 Å². The first kappa shape index (κ1) is 34.3. The molecule has 0 aromatic heterocycles. The van der Waals surface area contributed by atoms with Crippen LogP contribution in [0.25, 0.3) is 0 Å². The number of Topliss-reactive ketones (excluding diaryl/α,β-unsaturated/α-hetero) is 1. The van der Waals surface area contributed by atoms with E-state index in [-0.39, 0.29) is 28.8 Å². The van der Waals surface area contributed by atoms with Gasteiger partial charge in [0.1, 0.15) is 24.5 Å². The van der Waals surface area contributed by atoms with Crippen LogP contribution in [-0.4, -0.2) is 72.8 Å². The van der Waals surface area contributed by atoms with Crippen LogP contribution in [-0.2, 0) is 52.5 Å². The van der Waals surface area contributed by atoms with Crippen molar-refractivity contribution in [1.82, 2.24) is 5.32 Å². The first-order chi connectivity index (χ1) is 21.4. The fourth-order valence-electron chi connectivity index (χ4n) is 10.4. The molecular weight excluding hydrogens is 598 g/mol. The smallest absolute Gasteiger partial charge is 0.314 e. The van der Waals surface area contributed by atoms with Gasteiger partial charge in [0.15, 0.2) is 12.2 Å². The molecule has 1 heterocycles. The van der Waals surface area contributed by atoms with Crippen molar-refractivity contribution in [2.75, 3.05) is 6.61 Å². The maximum absolute atomic E-state index is 14.5. The Kier molecular flexibility index (Phi) is 9.11. The topological polar surface area (TPSA) is 161 Å². The molecule has 0 unspecified atom stereocenters. The van der Waals surface area contributed by atoms with E-state index in [4.69, 9.17) is 23.7 Å². The van der Waals surface area contributed by atoms with E-state index in [0.717, 1.165) is 51.9 Å². The van der Waals surface area contributed by atoms with Crippen LogP contribution < -0.4 is 5.32 Å². The van der Waals surface area contributed by atoms with Gasteiger partial charge in [-0.15, -0.1) is 0 Å². The number of rotatable bonds is 7. The molecule has 12 heteroatoms. The molecule has 0 radical (unpaired) electrons. The summed E-state index contributed by atoms with van der Waals surface area (Å²) in [6, 6.07) is -1.22. The molecule has 46 heavy (non-hydrogen) atoms. The van der Waals surface area contributed by atoms with Gasteiger partial charge in [0, 0.05) is 39.5 Å². The SMILES string of the molecule is CC(=O)N[C@H]1[C@H](OC(=O)[C@]2(C)CCC[C@@]3(C)[C@@H]4CC[C@@]5(C)C[C@]4(CC[C@@H]32)CC5=O)O[C@H](COC(C)=O)[C@@H](OC(C)=O)[C@@H]1OC(C)=O. The van der Waals surface area contributed by atoms with Crippen LogP contribution in [0, 0.1) is 33.5 Å². The van der Waals surface area contributed by atoms with Gasteiger partial charge in [0.2, 0.25) is 12.2 Å². The molecule has 0 aromatic rings. The van der Waals surface area contributed by atoms with Gasteiger partial charge in [-0.2, -0.15) is 0 Å². The Bertz CT molecular complexity index is 1300. The van der Waals surface area contributed by atoms with Crippen LogP contribution in [0.2, 0.25) is 0 Å². The number of ether oxygens (including phenoxy) is 5. The van der Waals surface area contributed by atoms with E-state index in [9.17, 15) is 28.8 Å². The van der Waals surface area contributed by atoms with Crippen LogP contribution in [0.15, 0.2) is 0 Å². The number of hydrogen-bond donors (Lipinski definition) is 1. The fourth-order valence-corrected chi connectivity index (χ4v) is 10.4. The van der Waals surface area contributed by atoms with E-state index in [1.807, 2.05) is 6.92 Å². The van der Waals surface area contributed by atoms with Gasteiger partial charge in [-0.3, -0.25) is 28.8 Å². The van der Waals surface area contributed by atoms with Crippen molar-refractivity contribution in [2.45, 2.75) is 137 Å². The summed E-state index contributed by atoms with van der Waals surface area (Å²) in [7, 11) is 0. The molecule has 5 fully saturated rings. The summed E-state index contributed by atoms with van der Waals surface area (Å²) >= 11 is 0. The van der Waals surface area contributed by atoms with Gasteiger partial charge in [0.05, 0.1) is 5.41 Å². The maximum atomic E-state index is 14.5. The van der Waals surface area contributed by atoms with Crippen molar-refractivity contribution in [3.63, 3.8) is 0 Å². The first-order valence-electron chi connectivity index (χ1n) is 16.6. The number of carbonyl (C=O) groups is 6. The highest BCUT2D eigenvalue weighted by Gasteiger charge is 2.68. The van der Waals surface area contributed by atoms with Crippen LogP contribution >= 0.6 is 0 Å². The highest BCUT2D eigenvalue weighted by Crippen LogP contribution is 2.73. The average Bonchev–Trinajstić information content (AvgIpc) is 3.12. The zero-order valence-electron chi connectivity index (χ0n) is 28.1. The molecule has 1 aliphatic heterocycles. The maximum Gasteiger partial charge on any atom is 0.314 e. The third-order valence-electron chi connectivity index (χ3n) is 12.1. The summed E-state index contributed by atoms with van der Waals surface area (Å²) in [5.74, 6) is -2.38. The van der Waals surface area contributed by atoms with Crippen molar-refractivity contribution in [1.29, 1.82) is 0 Å². The van der Waals surface area contributed by atoms with Crippen molar-refractivity contribution in [2.24, 2.45) is 33.5 Å². The van der Waals surface area contributed by atoms with E-state index in [2.05, 4.69) is 19.2 Å². The van der Waals surface area contributed by atoms with Gasteiger partial charge in [-0.1, -0.05) is 20.3 Å². The fraction of sp³-hybridized carbons (Fsp3) is 0.824. The number of carbonyl (C=O) groups excluding carboxylic acids is 6. The molecule has 1 saturated heterocycles. The Balaban J connectivity index is 1.45. The van der Waals surface area contributed by atoms with E-state index < -0.39 is 65.8 Å². The summed E-state index contributed by atoms with van der Waals surface area (Å²) in [5, 5.41) is 2.67. The lowest BCUT2D eigenvalue weighted by atomic mass is 9.40. The minimum absolute atomic E-state index is 0.00496. The predicted molar refractivity (Wildman–Crippen MR) is 160 cm³/mol. The predicted octanol–water partition coefficient (Wildman–Crippen LogP) is 3.56. The number of fused-ring (bicyclic) bond motifs is 3. The third-order valence-corrected chi connectivity index (χ3v) is 12.1. The van der Waals surface area contributed by atoms with Gasteiger partial charge >= 0.3 is 23.9 Å². The molecule has 256 valence electrons. The summed E-state index contributed by atoms with van der Waals surface area (Å²) in [4.78, 5) is 76.0. The number of hydrogen-bond acceptors (Lipinski definition) is 11. The molecule has 5 aliphatic rings. The molecule has 0 aromatic carbocycles. The van der Waals surface area contributed by atoms with Crippen molar-refractivity contribution < 1.29 is 52.5 Å². The van der Waals surface area contributed by atoms with E-state index in [1.54, 1.807) is 0 Å². The number of amides is 1. The number of ketones is 1. The number of nitrogens with one attached hydrogen (secondary N) is 1. The summed E-state index contributed by atoms with van der Waals surface area (Å²) < 4.78 is 28.5. The Morgan fingerprint density at radius 1 is 0.826 bits per heavy atom. The number of esters is 4. The van der Waals surface area contributed by atoms with Gasteiger partial charge in [0.25, 0.3) is 0 Å². The zero-order chi connectivity index (χ0) is 33.8. The molecule has 2 bridgehead atoms. The van der Waals surface area contributed by atoms with Crippen molar-refractivity contribution in [3.05, 3.63) is 0 Å². The summed E-state index contributed by atoms with van der Waals surface area (Å²) in [6.45, 7) is 10.8. The summed E-state index contributed by atoms with van der Waals surface area (Å²) in [5.41, 5.74) is -1.32. The summed E-state index contributed by atoms with van der Waals surface area (Å²) in [6.07, 6.45) is 2.24. The average molecular weight is 648 g/mol. The molecule has 1 amide bonds.